The Morgan fingerprint density at radius 1 is 1.47 bits per heavy atom. The van der Waals surface area contributed by atoms with E-state index >= 15 is 0 Å². The fourth-order valence-electron chi connectivity index (χ4n) is 1.61. The van der Waals surface area contributed by atoms with E-state index in [2.05, 4.69) is 15.6 Å². The number of anilines is 2. The van der Waals surface area contributed by atoms with Gasteiger partial charge in [-0.2, -0.15) is 0 Å². The van der Waals surface area contributed by atoms with Crippen LogP contribution in [-0.2, 0) is 10.8 Å². The monoisotopic (exact) mass is 286 g/mol. The zero-order chi connectivity index (χ0) is 14.4. The summed E-state index contributed by atoms with van der Waals surface area (Å²) in [5, 5.41) is 16.8. The van der Waals surface area contributed by atoms with E-state index in [0.717, 1.165) is 0 Å². The molecule has 1 heterocycles. The second kappa shape index (κ2) is 7.03. The molecule has 19 heavy (non-hydrogen) atoms. The highest BCUT2D eigenvalue weighted by Crippen LogP contribution is 2.21. The normalized spacial score (nSPS) is 13.6. The van der Waals surface area contributed by atoms with Crippen molar-refractivity contribution < 1.29 is 9.13 Å². The SMILES string of the molecule is CCNc1cc([N+](=O)[O-])cc(NC(C)CS(C)=O)n1. The molecule has 1 aromatic rings. The van der Waals surface area contributed by atoms with Gasteiger partial charge in [0.25, 0.3) is 5.69 Å². The Kier molecular flexibility index (Phi) is 5.68. The molecular weight excluding hydrogens is 268 g/mol. The van der Waals surface area contributed by atoms with Crippen LogP contribution in [0, 0.1) is 10.1 Å². The fourth-order valence-corrected chi connectivity index (χ4v) is 2.40. The molecule has 0 aliphatic heterocycles. The van der Waals surface area contributed by atoms with Gasteiger partial charge in [-0.3, -0.25) is 14.3 Å². The fraction of sp³-hybridized carbons (Fsp3) is 0.545. The first kappa shape index (κ1) is 15.4. The average Bonchev–Trinajstić information content (AvgIpc) is 2.27. The van der Waals surface area contributed by atoms with Crippen molar-refractivity contribution in [1.82, 2.24) is 4.98 Å². The molecular formula is C11H18N4O3S. The molecule has 0 aromatic carbocycles. The summed E-state index contributed by atoms with van der Waals surface area (Å²) in [6, 6.07) is 2.68. The van der Waals surface area contributed by atoms with Crippen LogP contribution in [0.5, 0.6) is 0 Å². The molecule has 0 aliphatic rings. The lowest BCUT2D eigenvalue weighted by Crippen LogP contribution is -2.23. The largest absolute Gasteiger partial charge is 0.370 e. The lowest BCUT2D eigenvalue weighted by molar-refractivity contribution is -0.384. The quantitative estimate of drug-likeness (QED) is 0.583. The average molecular weight is 286 g/mol. The molecule has 1 aromatic heterocycles. The van der Waals surface area contributed by atoms with Gasteiger partial charge >= 0.3 is 0 Å². The van der Waals surface area contributed by atoms with Crippen LogP contribution < -0.4 is 10.6 Å². The predicted octanol–water partition coefficient (Wildman–Crippen LogP) is 1.60. The van der Waals surface area contributed by atoms with Crippen LogP contribution in [0.1, 0.15) is 13.8 Å². The van der Waals surface area contributed by atoms with Gasteiger partial charge in [-0.25, -0.2) is 4.98 Å². The summed E-state index contributed by atoms with van der Waals surface area (Å²) in [5.74, 6) is 1.31. The predicted molar refractivity (Wildman–Crippen MR) is 77.1 cm³/mol. The maximum atomic E-state index is 11.1. The minimum atomic E-state index is -0.932. The van der Waals surface area contributed by atoms with Crippen molar-refractivity contribution in [3.63, 3.8) is 0 Å². The van der Waals surface area contributed by atoms with Crippen LogP contribution in [0.3, 0.4) is 0 Å². The third kappa shape index (κ3) is 5.21. The Labute approximate surface area is 114 Å². The minimum Gasteiger partial charge on any atom is -0.370 e. The third-order valence-corrected chi connectivity index (χ3v) is 3.23. The molecule has 0 saturated carbocycles. The van der Waals surface area contributed by atoms with Crippen molar-refractivity contribution in [3.05, 3.63) is 22.2 Å². The van der Waals surface area contributed by atoms with Crippen molar-refractivity contribution in [3.8, 4) is 0 Å². The highest BCUT2D eigenvalue weighted by Gasteiger charge is 2.13. The number of pyridine rings is 1. The van der Waals surface area contributed by atoms with E-state index in [0.29, 0.717) is 23.9 Å². The molecule has 0 aliphatic carbocycles. The summed E-state index contributed by atoms with van der Waals surface area (Å²) in [7, 11) is -0.932. The second-order valence-corrected chi connectivity index (χ2v) is 5.65. The summed E-state index contributed by atoms with van der Waals surface area (Å²) in [6.07, 6.45) is 1.61. The van der Waals surface area contributed by atoms with Crippen molar-refractivity contribution in [2.45, 2.75) is 19.9 Å². The molecule has 0 spiro atoms. The highest BCUT2D eigenvalue weighted by molar-refractivity contribution is 7.84. The van der Waals surface area contributed by atoms with Crippen LogP contribution >= 0.6 is 0 Å². The van der Waals surface area contributed by atoms with Crippen LogP contribution in [0.25, 0.3) is 0 Å². The Morgan fingerprint density at radius 3 is 2.63 bits per heavy atom. The molecule has 8 heteroatoms. The van der Waals surface area contributed by atoms with Crippen molar-refractivity contribution in [2.24, 2.45) is 0 Å². The molecule has 0 radical (unpaired) electrons. The van der Waals surface area contributed by atoms with E-state index < -0.39 is 15.7 Å². The maximum Gasteiger partial charge on any atom is 0.276 e. The number of nitro groups is 1. The van der Waals surface area contributed by atoms with E-state index in [1.54, 1.807) is 6.26 Å². The van der Waals surface area contributed by atoms with Crippen LogP contribution in [0.2, 0.25) is 0 Å². The summed E-state index contributed by atoms with van der Waals surface area (Å²) < 4.78 is 11.1. The Balaban J connectivity index is 2.92. The first-order chi connectivity index (χ1) is 8.92. The lowest BCUT2D eigenvalue weighted by Gasteiger charge is -2.14. The zero-order valence-corrected chi connectivity index (χ0v) is 12.0. The molecule has 2 N–H and O–H groups in total. The van der Waals surface area contributed by atoms with Crippen LogP contribution in [-0.4, -0.2) is 38.7 Å². The van der Waals surface area contributed by atoms with E-state index in [-0.39, 0.29) is 11.7 Å². The molecule has 106 valence electrons. The molecule has 0 amide bonds. The third-order valence-electron chi connectivity index (χ3n) is 2.26. The number of nitrogens with one attached hydrogen (secondary N) is 2. The summed E-state index contributed by atoms with van der Waals surface area (Å²) in [6.45, 7) is 4.37. The van der Waals surface area contributed by atoms with E-state index in [9.17, 15) is 14.3 Å². The minimum absolute atomic E-state index is 0.0294. The van der Waals surface area contributed by atoms with Gasteiger partial charge in [0.15, 0.2) is 0 Å². The van der Waals surface area contributed by atoms with Crippen molar-refractivity contribution >= 4 is 28.1 Å². The number of hydrogen-bond acceptors (Lipinski definition) is 6. The molecule has 0 fully saturated rings. The van der Waals surface area contributed by atoms with Gasteiger partial charge in [-0.05, 0) is 13.8 Å². The van der Waals surface area contributed by atoms with Crippen LogP contribution in [0.15, 0.2) is 12.1 Å². The van der Waals surface area contributed by atoms with Gasteiger partial charge in [0.2, 0.25) is 0 Å². The summed E-state index contributed by atoms with van der Waals surface area (Å²) in [4.78, 5) is 14.6. The Hall–Kier alpha value is -1.70. The number of rotatable bonds is 7. The first-order valence-corrected chi connectivity index (χ1v) is 7.62. The van der Waals surface area contributed by atoms with Crippen LogP contribution in [0.4, 0.5) is 17.3 Å². The van der Waals surface area contributed by atoms with Gasteiger partial charge in [-0.1, -0.05) is 0 Å². The van der Waals surface area contributed by atoms with Gasteiger partial charge in [-0.15, -0.1) is 0 Å². The highest BCUT2D eigenvalue weighted by atomic mass is 32.2. The van der Waals surface area contributed by atoms with E-state index in [1.165, 1.54) is 12.1 Å². The molecule has 0 saturated heterocycles. The molecule has 2 unspecified atom stereocenters. The first-order valence-electron chi connectivity index (χ1n) is 5.89. The van der Waals surface area contributed by atoms with Crippen molar-refractivity contribution in [1.29, 1.82) is 0 Å². The molecule has 1 rings (SSSR count). The van der Waals surface area contributed by atoms with E-state index in [1.807, 2.05) is 13.8 Å². The molecule has 7 nitrogen and oxygen atoms in total. The number of aromatic nitrogens is 1. The Bertz CT molecular complexity index is 481. The number of nitrogens with zero attached hydrogens (tertiary/aromatic N) is 2. The summed E-state index contributed by atoms with van der Waals surface area (Å²) in [5.41, 5.74) is -0.0294. The summed E-state index contributed by atoms with van der Waals surface area (Å²) >= 11 is 0. The Morgan fingerprint density at radius 2 is 2.11 bits per heavy atom. The second-order valence-electron chi connectivity index (χ2n) is 4.17. The van der Waals surface area contributed by atoms with E-state index in [4.69, 9.17) is 0 Å². The lowest BCUT2D eigenvalue weighted by atomic mass is 10.3. The zero-order valence-electron chi connectivity index (χ0n) is 11.2. The van der Waals surface area contributed by atoms with Gasteiger partial charge < -0.3 is 10.6 Å². The van der Waals surface area contributed by atoms with Gasteiger partial charge in [0.1, 0.15) is 11.6 Å². The number of hydrogen-bond donors (Lipinski definition) is 2. The topological polar surface area (TPSA) is 97.2 Å². The standard InChI is InChI=1S/C11H18N4O3S/c1-4-12-10-5-9(15(16)17)6-11(14-10)13-8(2)7-19(3)18/h5-6,8H,4,7H2,1-3H3,(H2,12,13,14). The molecule has 0 bridgehead atoms. The van der Waals surface area contributed by atoms with Gasteiger partial charge in [0, 0.05) is 35.4 Å². The molecule has 2 atom stereocenters. The van der Waals surface area contributed by atoms with Crippen molar-refractivity contribution in [2.75, 3.05) is 29.2 Å². The smallest absolute Gasteiger partial charge is 0.276 e. The van der Waals surface area contributed by atoms with Gasteiger partial charge in [0.05, 0.1) is 17.1 Å². The maximum absolute atomic E-state index is 11.1.